The Balaban J connectivity index is 2.87. The third-order valence-electron chi connectivity index (χ3n) is 3.05. The minimum absolute atomic E-state index is 0.135. The summed E-state index contributed by atoms with van der Waals surface area (Å²) in [5, 5.41) is 10.9. The number of hydrogen-bond donors (Lipinski definition) is 2. The molecule has 0 aliphatic rings. The lowest BCUT2D eigenvalue weighted by Crippen LogP contribution is -2.38. The van der Waals surface area contributed by atoms with Crippen LogP contribution in [0, 0.1) is 13.8 Å². The number of carbonyl (C=O) groups excluding carboxylic acids is 1. The molecule has 0 radical (unpaired) electrons. The molecule has 0 spiro atoms. The molecular weight excluding hydrogens is 290 g/mol. The van der Waals surface area contributed by atoms with Crippen LogP contribution in [0.2, 0.25) is 0 Å². The lowest BCUT2D eigenvalue weighted by Gasteiger charge is -2.21. The van der Waals surface area contributed by atoms with Gasteiger partial charge in [0.2, 0.25) is 5.91 Å². The predicted octanol–water partition coefficient (Wildman–Crippen LogP) is -0.0736. The van der Waals surface area contributed by atoms with E-state index in [0.717, 1.165) is 11.3 Å². The van der Waals surface area contributed by atoms with Crippen LogP contribution < -0.4 is 16.0 Å². The van der Waals surface area contributed by atoms with Gasteiger partial charge in [-0.2, -0.15) is 5.10 Å². The second-order valence-corrected chi connectivity index (χ2v) is 5.11. The molecule has 0 aliphatic carbocycles. The Morgan fingerprint density at radius 3 is 2.67 bits per heavy atom. The van der Waals surface area contributed by atoms with Crippen molar-refractivity contribution in [2.24, 2.45) is 5.73 Å². The van der Waals surface area contributed by atoms with Crippen molar-refractivity contribution < 1.29 is 9.53 Å². The van der Waals surface area contributed by atoms with Crippen LogP contribution in [-0.2, 0) is 9.53 Å². The summed E-state index contributed by atoms with van der Waals surface area (Å²) >= 11 is 5.08. The normalized spacial score (nSPS) is 10.3. The smallest absolute Gasteiger partial charge is 0.239 e. The van der Waals surface area contributed by atoms with Gasteiger partial charge in [-0.15, -0.1) is 5.10 Å². The maximum atomic E-state index is 11.8. The van der Waals surface area contributed by atoms with Gasteiger partial charge in [0.1, 0.15) is 4.99 Å². The highest BCUT2D eigenvalue weighted by atomic mass is 32.1. The number of nitrogens with zero attached hydrogens (tertiary/aromatic N) is 3. The Morgan fingerprint density at radius 2 is 2.10 bits per heavy atom. The molecule has 0 saturated carbocycles. The first kappa shape index (κ1) is 17.3. The molecule has 0 bridgehead atoms. The molecule has 1 aromatic heterocycles. The van der Waals surface area contributed by atoms with E-state index in [1.165, 1.54) is 0 Å². The van der Waals surface area contributed by atoms with Crippen molar-refractivity contribution in [1.82, 2.24) is 15.5 Å². The molecule has 0 unspecified atom stereocenters. The zero-order valence-electron chi connectivity index (χ0n) is 12.8. The highest BCUT2D eigenvalue weighted by Gasteiger charge is 2.18. The molecule has 1 heterocycles. The van der Waals surface area contributed by atoms with Crippen LogP contribution in [0.5, 0.6) is 0 Å². The number of carbonyl (C=O) groups is 1. The average molecular weight is 311 g/mol. The van der Waals surface area contributed by atoms with Crippen molar-refractivity contribution in [3.63, 3.8) is 0 Å². The minimum Gasteiger partial charge on any atom is -0.389 e. The maximum Gasteiger partial charge on any atom is 0.239 e. The molecular formula is C13H21N5O2S. The minimum atomic E-state index is -0.136. The average Bonchev–Trinajstić information content (AvgIpc) is 2.41. The number of methoxy groups -OCH3 is 1. The molecule has 116 valence electrons. The lowest BCUT2D eigenvalue weighted by atomic mass is 10.1. The summed E-state index contributed by atoms with van der Waals surface area (Å²) in [7, 11) is 3.33. The summed E-state index contributed by atoms with van der Waals surface area (Å²) in [6.07, 6.45) is 0. The fraction of sp³-hybridized carbons (Fsp3) is 0.538. The number of thiocarbonyl (C=S) groups is 1. The molecule has 8 heteroatoms. The van der Waals surface area contributed by atoms with Crippen LogP contribution in [0.4, 0.5) is 5.82 Å². The summed E-state index contributed by atoms with van der Waals surface area (Å²) in [4.78, 5) is 13.7. The van der Waals surface area contributed by atoms with Crippen molar-refractivity contribution in [3.05, 3.63) is 16.8 Å². The third kappa shape index (κ3) is 4.61. The van der Waals surface area contributed by atoms with E-state index >= 15 is 0 Å². The number of hydrogen-bond acceptors (Lipinski definition) is 6. The van der Waals surface area contributed by atoms with E-state index in [2.05, 4.69) is 15.5 Å². The monoisotopic (exact) mass is 311 g/mol. The lowest BCUT2D eigenvalue weighted by molar-refractivity contribution is -0.119. The molecule has 0 atom stereocenters. The largest absolute Gasteiger partial charge is 0.389 e. The Bertz CT molecular complexity index is 536. The van der Waals surface area contributed by atoms with E-state index in [0.29, 0.717) is 24.5 Å². The Morgan fingerprint density at radius 1 is 1.43 bits per heavy atom. The predicted molar refractivity (Wildman–Crippen MR) is 85.5 cm³/mol. The van der Waals surface area contributed by atoms with Crippen LogP contribution in [0.15, 0.2) is 0 Å². The molecule has 1 rings (SSSR count). The van der Waals surface area contributed by atoms with Crippen molar-refractivity contribution in [3.8, 4) is 0 Å². The van der Waals surface area contributed by atoms with Gasteiger partial charge >= 0.3 is 0 Å². The Hall–Kier alpha value is -1.80. The standard InChI is InChI=1S/C13H21N5O2S/c1-8-9(2)16-17-13(11(8)12(14)21)18(3)7-10(19)15-5-6-20-4/h5-7H2,1-4H3,(H2,14,21)(H,15,19). The second kappa shape index (κ2) is 7.84. The van der Waals surface area contributed by atoms with Crippen molar-refractivity contribution in [1.29, 1.82) is 0 Å². The first-order chi connectivity index (χ1) is 9.88. The highest BCUT2D eigenvalue weighted by molar-refractivity contribution is 7.80. The number of ether oxygens (including phenoxy) is 1. The summed E-state index contributed by atoms with van der Waals surface area (Å²) < 4.78 is 4.88. The zero-order chi connectivity index (χ0) is 16.0. The van der Waals surface area contributed by atoms with Crippen LogP contribution in [0.3, 0.4) is 0 Å². The van der Waals surface area contributed by atoms with Gasteiger partial charge in [-0.1, -0.05) is 12.2 Å². The van der Waals surface area contributed by atoms with Crippen LogP contribution >= 0.6 is 12.2 Å². The van der Waals surface area contributed by atoms with E-state index < -0.39 is 0 Å². The van der Waals surface area contributed by atoms with Crippen LogP contribution in [-0.4, -0.2) is 54.9 Å². The summed E-state index contributed by atoms with van der Waals surface area (Å²) in [5.41, 5.74) is 8.07. The fourth-order valence-electron chi connectivity index (χ4n) is 1.80. The number of rotatable bonds is 7. The summed E-state index contributed by atoms with van der Waals surface area (Å²) in [6, 6.07) is 0. The van der Waals surface area contributed by atoms with Crippen molar-refractivity contribution in [2.45, 2.75) is 13.8 Å². The summed E-state index contributed by atoms with van der Waals surface area (Å²) in [5.74, 6) is 0.371. The van der Waals surface area contributed by atoms with E-state index in [1.54, 1.807) is 19.1 Å². The molecule has 1 amide bonds. The molecule has 21 heavy (non-hydrogen) atoms. The molecule has 0 aliphatic heterocycles. The molecule has 0 aromatic carbocycles. The van der Waals surface area contributed by atoms with E-state index in [1.807, 2.05) is 13.8 Å². The van der Waals surface area contributed by atoms with Crippen LogP contribution in [0.25, 0.3) is 0 Å². The molecule has 1 aromatic rings. The van der Waals surface area contributed by atoms with Crippen molar-refractivity contribution >= 4 is 28.9 Å². The number of amides is 1. The van der Waals surface area contributed by atoms with Gasteiger partial charge in [0.15, 0.2) is 5.82 Å². The van der Waals surface area contributed by atoms with Gasteiger partial charge in [0.05, 0.1) is 24.4 Å². The number of nitrogens with one attached hydrogen (secondary N) is 1. The fourth-order valence-corrected chi connectivity index (χ4v) is 2.04. The van der Waals surface area contributed by atoms with Gasteiger partial charge in [-0.3, -0.25) is 4.79 Å². The first-order valence-corrected chi connectivity index (χ1v) is 6.89. The highest BCUT2D eigenvalue weighted by Crippen LogP contribution is 2.20. The topological polar surface area (TPSA) is 93.4 Å². The number of aryl methyl sites for hydroxylation is 1. The summed E-state index contributed by atoms with van der Waals surface area (Å²) in [6.45, 7) is 4.79. The number of anilines is 1. The van der Waals surface area contributed by atoms with Gasteiger partial charge < -0.3 is 20.7 Å². The maximum absolute atomic E-state index is 11.8. The third-order valence-corrected chi connectivity index (χ3v) is 3.26. The quantitative estimate of drug-likeness (QED) is 0.537. The first-order valence-electron chi connectivity index (χ1n) is 6.49. The molecule has 0 fully saturated rings. The van der Waals surface area contributed by atoms with Gasteiger partial charge in [-0.25, -0.2) is 0 Å². The number of aromatic nitrogens is 2. The SMILES string of the molecule is COCCNC(=O)CN(C)c1nnc(C)c(C)c1C(N)=S. The Labute approximate surface area is 129 Å². The number of likely N-dealkylation sites (N-methyl/N-ethyl adjacent to an activating group) is 1. The van der Waals surface area contributed by atoms with E-state index in [9.17, 15) is 4.79 Å². The zero-order valence-corrected chi connectivity index (χ0v) is 13.6. The van der Waals surface area contributed by atoms with Gasteiger partial charge in [0.25, 0.3) is 0 Å². The second-order valence-electron chi connectivity index (χ2n) is 4.67. The van der Waals surface area contributed by atoms with Crippen molar-refractivity contribution in [2.75, 3.05) is 38.8 Å². The molecule has 0 saturated heterocycles. The van der Waals surface area contributed by atoms with E-state index in [-0.39, 0.29) is 17.4 Å². The molecule has 3 N–H and O–H groups in total. The molecule has 7 nitrogen and oxygen atoms in total. The van der Waals surface area contributed by atoms with Gasteiger partial charge in [-0.05, 0) is 19.4 Å². The van der Waals surface area contributed by atoms with Crippen LogP contribution in [0.1, 0.15) is 16.8 Å². The van der Waals surface area contributed by atoms with Gasteiger partial charge in [0, 0.05) is 20.7 Å². The Kier molecular flexibility index (Phi) is 6.44. The van der Waals surface area contributed by atoms with E-state index in [4.69, 9.17) is 22.7 Å². The number of nitrogens with two attached hydrogens (primary N) is 1.